The van der Waals surface area contributed by atoms with Crippen LogP contribution in [0.1, 0.15) is 31.0 Å². The molecular formula is C14H15ClN4. The van der Waals surface area contributed by atoms with E-state index in [0.717, 1.165) is 22.3 Å². The van der Waals surface area contributed by atoms with Crippen molar-refractivity contribution >= 4 is 22.6 Å². The Morgan fingerprint density at radius 3 is 2.63 bits per heavy atom. The van der Waals surface area contributed by atoms with Crippen molar-refractivity contribution in [2.75, 3.05) is 0 Å². The zero-order valence-corrected chi connectivity index (χ0v) is 11.9. The van der Waals surface area contributed by atoms with E-state index in [0.29, 0.717) is 17.0 Å². The molecule has 5 heteroatoms. The molecule has 0 saturated carbocycles. The van der Waals surface area contributed by atoms with Crippen molar-refractivity contribution in [2.24, 2.45) is 0 Å². The molecule has 0 atom stereocenters. The smallest absolute Gasteiger partial charge is 0.230 e. The van der Waals surface area contributed by atoms with E-state index in [9.17, 15) is 0 Å². The molecule has 2 aromatic heterocycles. The molecule has 3 aromatic rings. The minimum Gasteiger partial charge on any atom is -0.322 e. The fraction of sp³-hybridized carbons (Fsp3) is 0.286. The summed E-state index contributed by atoms with van der Waals surface area (Å²) in [7, 11) is 0. The number of aromatic amines is 1. The second kappa shape index (κ2) is 4.38. The van der Waals surface area contributed by atoms with Gasteiger partial charge in [0.1, 0.15) is 5.15 Å². The molecule has 0 aliphatic heterocycles. The van der Waals surface area contributed by atoms with Crippen molar-refractivity contribution in [3.63, 3.8) is 0 Å². The maximum absolute atomic E-state index is 6.43. The highest BCUT2D eigenvalue weighted by Crippen LogP contribution is 2.29. The zero-order valence-electron chi connectivity index (χ0n) is 11.1. The van der Waals surface area contributed by atoms with E-state index in [4.69, 9.17) is 11.6 Å². The third-order valence-electron chi connectivity index (χ3n) is 3.20. The van der Waals surface area contributed by atoms with E-state index >= 15 is 0 Å². The molecule has 1 aromatic carbocycles. The highest BCUT2D eigenvalue weighted by molar-refractivity contribution is 6.30. The van der Waals surface area contributed by atoms with Gasteiger partial charge in [-0.15, -0.1) is 0 Å². The predicted molar refractivity (Wildman–Crippen MR) is 77.1 cm³/mol. The van der Waals surface area contributed by atoms with Gasteiger partial charge in [-0.2, -0.15) is 9.78 Å². The molecular weight excluding hydrogens is 260 g/mol. The fourth-order valence-electron chi connectivity index (χ4n) is 2.35. The van der Waals surface area contributed by atoms with Crippen LogP contribution in [0, 0.1) is 6.92 Å². The second-order valence-electron chi connectivity index (χ2n) is 4.93. The Morgan fingerprint density at radius 2 is 2.00 bits per heavy atom. The lowest BCUT2D eigenvalue weighted by molar-refractivity contribution is 0.816. The Kier molecular flexibility index (Phi) is 2.82. The van der Waals surface area contributed by atoms with E-state index in [1.54, 1.807) is 4.68 Å². The summed E-state index contributed by atoms with van der Waals surface area (Å²) < 4.78 is 1.67. The van der Waals surface area contributed by atoms with Gasteiger partial charge in [-0.1, -0.05) is 37.6 Å². The topological polar surface area (TPSA) is 46.5 Å². The molecule has 0 fully saturated rings. The van der Waals surface area contributed by atoms with Gasteiger partial charge in [0.05, 0.1) is 16.7 Å². The molecule has 0 radical (unpaired) electrons. The predicted octanol–water partition coefficient (Wildman–Crippen LogP) is 3.83. The average Bonchev–Trinajstić information content (AvgIpc) is 2.89. The number of hydrogen-bond donors (Lipinski definition) is 1. The highest BCUT2D eigenvalue weighted by Gasteiger charge is 2.18. The van der Waals surface area contributed by atoms with E-state index in [1.807, 2.05) is 31.2 Å². The molecule has 4 nitrogen and oxygen atoms in total. The van der Waals surface area contributed by atoms with Crippen molar-refractivity contribution in [2.45, 2.75) is 26.7 Å². The van der Waals surface area contributed by atoms with Crippen LogP contribution in [0.2, 0.25) is 5.15 Å². The molecule has 1 N–H and O–H groups in total. The zero-order chi connectivity index (χ0) is 13.6. The molecule has 0 aliphatic rings. The number of nitrogens with one attached hydrogen (secondary N) is 1. The lowest BCUT2D eigenvalue weighted by Gasteiger charge is -2.03. The van der Waals surface area contributed by atoms with Crippen LogP contribution in [0.4, 0.5) is 0 Å². The summed E-state index contributed by atoms with van der Waals surface area (Å²) >= 11 is 6.43. The number of para-hydroxylation sites is 2. The van der Waals surface area contributed by atoms with Crippen LogP contribution in [0.5, 0.6) is 0 Å². The maximum atomic E-state index is 6.43. The summed E-state index contributed by atoms with van der Waals surface area (Å²) in [5, 5.41) is 5.12. The standard InChI is InChI=1S/C14H15ClN4/c1-8(2)12-9(3)18-19(13(12)15)14-16-10-6-4-5-7-11(10)17-14/h4-8H,1-3H3,(H,16,17). The maximum Gasteiger partial charge on any atom is 0.230 e. The quantitative estimate of drug-likeness (QED) is 0.772. The van der Waals surface area contributed by atoms with E-state index in [-0.39, 0.29) is 0 Å². The minimum atomic E-state index is 0.339. The molecule has 98 valence electrons. The fourth-order valence-corrected chi connectivity index (χ4v) is 2.82. The Hall–Kier alpha value is -1.81. The number of benzene rings is 1. The van der Waals surface area contributed by atoms with Gasteiger partial charge < -0.3 is 4.98 Å². The van der Waals surface area contributed by atoms with Crippen LogP contribution in [-0.2, 0) is 0 Å². The number of imidazole rings is 1. The molecule has 0 saturated heterocycles. The minimum absolute atomic E-state index is 0.339. The first-order chi connectivity index (χ1) is 9.08. The van der Waals surface area contributed by atoms with Gasteiger partial charge >= 0.3 is 0 Å². The molecule has 0 unspecified atom stereocenters. The van der Waals surface area contributed by atoms with Gasteiger partial charge in [0.25, 0.3) is 0 Å². The number of aromatic nitrogens is 4. The van der Waals surface area contributed by atoms with Crippen LogP contribution >= 0.6 is 11.6 Å². The average molecular weight is 275 g/mol. The van der Waals surface area contributed by atoms with Gasteiger partial charge in [-0.3, -0.25) is 0 Å². The van der Waals surface area contributed by atoms with Crippen LogP contribution in [0.15, 0.2) is 24.3 Å². The van der Waals surface area contributed by atoms with Crippen LogP contribution in [0.3, 0.4) is 0 Å². The molecule has 0 aliphatic carbocycles. The highest BCUT2D eigenvalue weighted by atomic mass is 35.5. The first-order valence-corrected chi connectivity index (χ1v) is 6.66. The van der Waals surface area contributed by atoms with Crippen molar-refractivity contribution in [3.8, 4) is 5.95 Å². The third-order valence-corrected chi connectivity index (χ3v) is 3.57. The largest absolute Gasteiger partial charge is 0.322 e. The number of fused-ring (bicyclic) bond motifs is 1. The molecule has 0 spiro atoms. The first kappa shape index (κ1) is 12.2. The van der Waals surface area contributed by atoms with Gasteiger partial charge in [-0.05, 0) is 25.0 Å². The number of aryl methyl sites for hydroxylation is 1. The van der Waals surface area contributed by atoms with E-state index in [2.05, 4.69) is 28.9 Å². The van der Waals surface area contributed by atoms with Crippen molar-refractivity contribution in [3.05, 3.63) is 40.7 Å². The van der Waals surface area contributed by atoms with Gasteiger partial charge in [-0.25, -0.2) is 4.98 Å². The molecule has 0 bridgehead atoms. The summed E-state index contributed by atoms with van der Waals surface area (Å²) in [6.07, 6.45) is 0. The number of nitrogens with zero attached hydrogens (tertiary/aromatic N) is 3. The van der Waals surface area contributed by atoms with Crippen molar-refractivity contribution < 1.29 is 0 Å². The third kappa shape index (κ3) is 1.92. The monoisotopic (exact) mass is 274 g/mol. The lowest BCUT2D eigenvalue weighted by atomic mass is 10.1. The summed E-state index contributed by atoms with van der Waals surface area (Å²) in [6.45, 7) is 6.19. The summed E-state index contributed by atoms with van der Waals surface area (Å²) in [5.41, 5.74) is 3.91. The molecule has 3 rings (SSSR count). The van der Waals surface area contributed by atoms with Crippen molar-refractivity contribution in [1.82, 2.24) is 19.7 Å². The van der Waals surface area contributed by atoms with Gasteiger partial charge in [0.15, 0.2) is 0 Å². The number of H-pyrrole nitrogens is 1. The van der Waals surface area contributed by atoms with Crippen LogP contribution in [-0.4, -0.2) is 19.7 Å². The second-order valence-corrected chi connectivity index (χ2v) is 5.29. The molecule has 2 heterocycles. The summed E-state index contributed by atoms with van der Waals surface area (Å²) in [5.74, 6) is 0.992. The summed E-state index contributed by atoms with van der Waals surface area (Å²) in [6, 6.07) is 7.88. The summed E-state index contributed by atoms with van der Waals surface area (Å²) in [4.78, 5) is 7.76. The van der Waals surface area contributed by atoms with E-state index < -0.39 is 0 Å². The first-order valence-electron chi connectivity index (χ1n) is 6.28. The van der Waals surface area contributed by atoms with E-state index in [1.165, 1.54) is 0 Å². The number of rotatable bonds is 2. The van der Waals surface area contributed by atoms with Gasteiger partial charge in [0.2, 0.25) is 5.95 Å². The molecule has 0 amide bonds. The number of halogens is 1. The Morgan fingerprint density at radius 1 is 1.26 bits per heavy atom. The van der Waals surface area contributed by atoms with Crippen LogP contribution in [0.25, 0.3) is 17.0 Å². The lowest BCUT2D eigenvalue weighted by Crippen LogP contribution is -1.99. The molecule has 19 heavy (non-hydrogen) atoms. The Balaban J connectivity index is 2.19. The Bertz CT molecular complexity index is 706. The SMILES string of the molecule is Cc1nn(-c2nc3ccccc3[nH]2)c(Cl)c1C(C)C. The van der Waals surface area contributed by atoms with Gasteiger partial charge in [0, 0.05) is 5.56 Å². The van der Waals surface area contributed by atoms with Crippen LogP contribution < -0.4 is 0 Å². The normalized spacial score (nSPS) is 11.6. The Labute approximate surface area is 116 Å². The van der Waals surface area contributed by atoms with Crippen molar-refractivity contribution in [1.29, 1.82) is 0 Å². The number of hydrogen-bond acceptors (Lipinski definition) is 2.